The minimum absolute atomic E-state index is 0.136. The van der Waals surface area contributed by atoms with Crippen LogP contribution in [0.5, 0.6) is 0 Å². The zero-order valence-electron chi connectivity index (χ0n) is 7.32. The molecule has 1 heterocycles. The third kappa shape index (κ3) is 1.11. The van der Waals surface area contributed by atoms with Crippen LogP contribution in [0, 0.1) is 25.5 Å². The lowest BCUT2D eigenvalue weighted by Crippen LogP contribution is -1.80. The Labute approximate surface area is 74.0 Å². The molecule has 1 aromatic heterocycles. The fourth-order valence-corrected chi connectivity index (χ4v) is 1.36. The van der Waals surface area contributed by atoms with Gasteiger partial charge in [-0.3, -0.25) is 0 Å². The van der Waals surface area contributed by atoms with Crippen molar-refractivity contribution in [2.75, 3.05) is 0 Å². The van der Waals surface area contributed by atoms with Crippen LogP contribution in [0.25, 0.3) is 11.0 Å². The first-order valence-corrected chi connectivity index (χ1v) is 3.94. The summed E-state index contributed by atoms with van der Waals surface area (Å²) in [6, 6.07) is 2.11. The molecule has 0 aliphatic rings. The van der Waals surface area contributed by atoms with Crippen LogP contribution in [-0.4, -0.2) is 0 Å². The fraction of sp³-hybridized carbons (Fsp3) is 0.200. The van der Waals surface area contributed by atoms with E-state index in [1.807, 2.05) is 0 Å². The first-order chi connectivity index (χ1) is 6.09. The predicted molar refractivity (Wildman–Crippen MR) is 45.6 cm³/mol. The summed E-state index contributed by atoms with van der Waals surface area (Å²) in [5, 5.41) is 0.509. The highest BCUT2D eigenvalue weighted by molar-refractivity contribution is 5.82. The van der Waals surface area contributed by atoms with Gasteiger partial charge in [-0.2, -0.15) is 0 Å². The standard InChI is InChI=1S/C10H8F2O/c1-5-6(2)13-10-8(5)3-7(11)4-9(10)12/h3-4H,1-2H3. The van der Waals surface area contributed by atoms with Gasteiger partial charge in [-0.15, -0.1) is 0 Å². The van der Waals surface area contributed by atoms with Gasteiger partial charge in [0.25, 0.3) is 0 Å². The SMILES string of the molecule is Cc1oc2c(F)cc(F)cc2c1C. The van der Waals surface area contributed by atoms with Crippen molar-refractivity contribution in [3.63, 3.8) is 0 Å². The summed E-state index contributed by atoms with van der Waals surface area (Å²) in [4.78, 5) is 0. The van der Waals surface area contributed by atoms with Crippen molar-refractivity contribution in [1.82, 2.24) is 0 Å². The maximum absolute atomic E-state index is 13.1. The van der Waals surface area contributed by atoms with Gasteiger partial charge in [-0.25, -0.2) is 8.78 Å². The average molecular weight is 182 g/mol. The second-order valence-corrected chi connectivity index (χ2v) is 3.05. The molecule has 0 saturated carbocycles. The molecule has 0 saturated heterocycles. The van der Waals surface area contributed by atoms with Crippen LogP contribution in [0.1, 0.15) is 11.3 Å². The van der Waals surface area contributed by atoms with Gasteiger partial charge in [0, 0.05) is 11.5 Å². The third-order valence-corrected chi connectivity index (χ3v) is 2.20. The molecule has 0 spiro atoms. The Morgan fingerprint density at radius 1 is 1.15 bits per heavy atom. The van der Waals surface area contributed by atoms with Crippen molar-refractivity contribution >= 4 is 11.0 Å². The lowest BCUT2D eigenvalue weighted by atomic mass is 10.1. The summed E-state index contributed by atoms with van der Waals surface area (Å²) < 4.78 is 31.1. The van der Waals surface area contributed by atoms with Crippen molar-refractivity contribution in [3.05, 3.63) is 35.1 Å². The monoisotopic (exact) mass is 182 g/mol. The molecular formula is C10H8F2O. The van der Waals surface area contributed by atoms with E-state index >= 15 is 0 Å². The van der Waals surface area contributed by atoms with Crippen molar-refractivity contribution in [1.29, 1.82) is 0 Å². The van der Waals surface area contributed by atoms with E-state index < -0.39 is 11.6 Å². The van der Waals surface area contributed by atoms with Crippen LogP contribution >= 0.6 is 0 Å². The molecule has 0 bridgehead atoms. The molecule has 68 valence electrons. The molecule has 2 aromatic rings. The topological polar surface area (TPSA) is 13.1 Å². The lowest BCUT2D eigenvalue weighted by molar-refractivity contribution is 0.529. The van der Waals surface area contributed by atoms with Crippen molar-refractivity contribution in [3.8, 4) is 0 Å². The van der Waals surface area contributed by atoms with Crippen LogP contribution < -0.4 is 0 Å². The molecule has 0 amide bonds. The van der Waals surface area contributed by atoms with Gasteiger partial charge in [-0.05, 0) is 25.5 Å². The number of furan rings is 1. The van der Waals surface area contributed by atoms with Gasteiger partial charge in [0.05, 0.1) is 0 Å². The molecule has 0 unspecified atom stereocenters. The lowest BCUT2D eigenvalue weighted by Gasteiger charge is -1.92. The molecule has 1 aromatic carbocycles. The molecule has 0 fully saturated rings. The minimum atomic E-state index is -0.647. The van der Waals surface area contributed by atoms with E-state index in [2.05, 4.69) is 0 Å². The van der Waals surface area contributed by atoms with Gasteiger partial charge in [0.15, 0.2) is 11.4 Å². The molecule has 0 radical (unpaired) electrons. The van der Waals surface area contributed by atoms with E-state index in [0.29, 0.717) is 11.1 Å². The molecule has 2 rings (SSSR count). The predicted octanol–water partition coefficient (Wildman–Crippen LogP) is 3.33. The van der Waals surface area contributed by atoms with E-state index in [1.54, 1.807) is 13.8 Å². The van der Waals surface area contributed by atoms with Crippen molar-refractivity contribution < 1.29 is 13.2 Å². The summed E-state index contributed by atoms with van der Waals surface area (Å²) in [6.45, 7) is 3.51. The van der Waals surface area contributed by atoms with Crippen LogP contribution in [0.2, 0.25) is 0 Å². The highest BCUT2D eigenvalue weighted by atomic mass is 19.1. The highest BCUT2D eigenvalue weighted by Gasteiger charge is 2.12. The van der Waals surface area contributed by atoms with Crippen LogP contribution in [-0.2, 0) is 0 Å². The Kier molecular flexibility index (Phi) is 1.62. The normalized spacial score (nSPS) is 11.1. The first kappa shape index (κ1) is 8.23. The van der Waals surface area contributed by atoms with Crippen LogP contribution in [0.4, 0.5) is 8.78 Å². The Bertz CT molecular complexity index is 471. The van der Waals surface area contributed by atoms with Crippen LogP contribution in [0.3, 0.4) is 0 Å². The molecule has 0 aliphatic carbocycles. The van der Waals surface area contributed by atoms with E-state index in [0.717, 1.165) is 11.6 Å². The van der Waals surface area contributed by atoms with Gasteiger partial charge >= 0.3 is 0 Å². The Morgan fingerprint density at radius 2 is 1.85 bits per heavy atom. The zero-order chi connectivity index (χ0) is 9.59. The Balaban J connectivity index is 2.94. The molecular weight excluding hydrogens is 174 g/mol. The number of fused-ring (bicyclic) bond motifs is 1. The van der Waals surface area contributed by atoms with Gasteiger partial charge in [0.1, 0.15) is 11.6 Å². The van der Waals surface area contributed by atoms with E-state index in [9.17, 15) is 8.78 Å². The number of aryl methyl sites for hydroxylation is 2. The smallest absolute Gasteiger partial charge is 0.170 e. The van der Waals surface area contributed by atoms with Crippen molar-refractivity contribution in [2.45, 2.75) is 13.8 Å². The summed E-state index contributed by atoms with van der Waals surface area (Å²) in [7, 11) is 0. The Hall–Kier alpha value is -1.38. The van der Waals surface area contributed by atoms with Gasteiger partial charge in [0.2, 0.25) is 0 Å². The second kappa shape index (κ2) is 2.55. The first-order valence-electron chi connectivity index (χ1n) is 3.94. The maximum Gasteiger partial charge on any atom is 0.170 e. The van der Waals surface area contributed by atoms with E-state index in [1.165, 1.54) is 6.07 Å². The van der Waals surface area contributed by atoms with Crippen molar-refractivity contribution in [2.24, 2.45) is 0 Å². The van der Waals surface area contributed by atoms with E-state index in [4.69, 9.17) is 4.42 Å². The number of rotatable bonds is 0. The largest absolute Gasteiger partial charge is 0.458 e. The summed E-state index contributed by atoms with van der Waals surface area (Å²) in [6.07, 6.45) is 0. The molecule has 0 N–H and O–H groups in total. The average Bonchev–Trinajstić information content (AvgIpc) is 2.32. The maximum atomic E-state index is 13.1. The zero-order valence-corrected chi connectivity index (χ0v) is 7.32. The number of hydrogen-bond acceptors (Lipinski definition) is 1. The van der Waals surface area contributed by atoms with E-state index in [-0.39, 0.29) is 5.58 Å². The molecule has 0 aliphatic heterocycles. The van der Waals surface area contributed by atoms with Crippen LogP contribution in [0.15, 0.2) is 16.5 Å². The summed E-state index contributed by atoms with van der Waals surface area (Å²) in [5.41, 5.74) is 0.921. The molecule has 3 heteroatoms. The Morgan fingerprint density at radius 3 is 2.54 bits per heavy atom. The molecule has 1 nitrogen and oxygen atoms in total. The highest BCUT2D eigenvalue weighted by Crippen LogP contribution is 2.27. The number of hydrogen-bond donors (Lipinski definition) is 0. The molecule has 13 heavy (non-hydrogen) atoms. The fourth-order valence-electron chi connectivity index (χ4n) is 1.36. The van der Waals surface area contributed by atoms with Gasteiger partial charge < -0.3 is 4.42 Å². The summed E-state index contributed by atoms with van der Waals surface area (Å²) in [5.74, 6) is -0.598. The number of benzene rings is 1. The molecule has 0 atom stereocenters. The third-order valence-electron chi connectivity index (χ3n) is 2.20. The second-order valence-electron chi connectivity index (χ2n) is 3.05. The van der Waals surface area contributed by atoms with Gasteiger partial charge in [-0.1, -0.05) is 0 Å². The quantitative estimate of drug-likeness (QED) is 0.609. The number of halogens is 2. The minimum Gasteiger partial charge on any atom is -0.458 e. The summed E-state index contributed by atoms with van der Waals surface area (Å²) >= 11 is 0.